The molecule has 2 rings (SSSR count). The van der Waals surface area contributed by atoms with Crippen molar-refractivity contribution in [1.29, 1.82) is 0 Å². The maximum absolute atomic E-state index is 11.9. The van der Waals surface area contributed by atoms with Crippen LogP contribution >= 0.6 is 0 Å². The van der Waals surface area contributed by atoms with Crippen molar-refractivity contribution >= 4 is 11.6 Å². The number of rotatable bonds is 1. The number of hydrogen-bond donors (Lipinski definition) is 4. The van der Waals surface area contributed by atoms with Gasteiger partial charge in [-0.15, -0.1) is 0 Å². The van der Waals surface area contributed by atoms with Crippen LogP contribution in [-0.4, -0.2) is 32.0 Å². The van der Waals surface area contributed by atoms with Crippen molar-refractivity contribution in [3.8, 4) is 23.0 Å². The van der Waals surface area contributed by atoms with Crippen LogP contribution in [0.1, 0.15) is 34.1 Å². The van der Waals surface area contributed by atoms with Gasteiger partial charge in [-0.25, -0.2) is 0 Å². The van der Waals surface area contributed by atoms with Gasteiger partial charge in [0.05, 0.1) is 11.1 Å². The summed E-state index contributed by atoms with van der Waals surface area (Å²) in [5.74, 6) is -5.23. The Balaban J connectivity index is 2.86. The predicted molar refractivity (Wildman–Crippen MR) is 60.1 cm³/mol. The zero-order chi connectivity index (χ0) is 13.6. The lowest BCUT2D eigenvalue weighted by Crippen LogP contribution is -2.17. The molecule has 94 valence electrons. The van der Waals surface area contributed by atoms with Gasteiger partial charge in [0.1, 0.15) is 0 Å². The maximum atomic E-state index is 11.9. The summed E-state index contributed by atoms with van der Waals surface area (Å²) in [4.78, 5) is 23.7. The van der Waals surface area contributed by atoms with E-state index in [-0.39, 0.29) is 12.0 Å². The minimum atomic E-state index is -1.03. The van der Waals surface area contributed by atoms with Gasteiger partial charge in [-0.3, -0.25) is 9.59 Å². The van der Waals surface area contributed by atoms with E-state index in [2.05, 4.69) is 0 Å². The van der Waals surface area contributed by atoms with E-state index in [0.29, 0.717) is 0 Å². The molecule has 0 heterocycles. The number of allylic oxidation sites excluding steroid dienone is 2. The second-order valence-electron chi connectivity index (χ2n) is 3.86. The van der Waals surface area contributed by atoms with Crippen molar-refractivity contribution in [1.82, 2.24) is 0 Å². The van der Waals surface area contributed by atoms with Crippen LogP contribution in [0.2, 0.25) is 0 Å². The molecule has 0 bridgehead atoms. The molecule has 6 heteroatoms. The van der Waals surface area contributed by atoms with E-state index in [9.17, 15) is 30.0 Å². The number of hydrogen-bond acceptors (Lipinski definition) is 6. The van der Waals surface area contributed by atoms with E-state index in [1.807, 2.05) is 0 Å². The molecule has 0 unspecified atom stereocenters. The lowest BCUT2D eigenvalue weighted by molar-refractivity contribution is 0.0975. The molecule has 0 amide bonds. The van der Waals surface area contributed by atoms with Crippen LogP contribution in [0.25, 0.3) is 0 Å². The van der Waals surface area contributed by atoms with Gasteiger partial charge in [0.2, 0.25) is 11.5 Å². The Morgan fingerprint density at radius 1 is 0.889 bits per heavy atom. The van der Waals surface area contributed by atoms with Crippen molar-refractivity contribution in [2.75, 3.05) is 0 Å². The number of phenols is 4. The fraction of sp³-hybridized carbons (Fsp3) is 0.167. The molecule has 1 aliphatic rings. The highest BCUT2D eigenvalue weighted by atomic mass is 16.3. The second kappa shape index (κ2) is 3.76. The summed E-state index contributed by atoms with van der Waals surface area (Å²) in [7, 11) is 0. The van der Waals surface area contributed by atoms with Gasteiger partial charge in [-0.1, -0.05) is 6.92 Å². The second-order valence-corrected chi connectivity index (χ2v) is 3.86. The SMILES string of the molecule is CCC1=CC(=O)c2c(O)c(O)c(O)c(O)c2C1=O. The molecule has 18 heavy (non-hydrogen) atoms. The standard InChI is InChI=1S/C12H10O6/c1-2-4-3-5(13)6-7(8(4)14)10(16)12(18)11(17)9(6)15/h3,15-18H,2H2,1H3. The monoisotopic (exact) mass is 250 g/mol. The van der Waals surface area contributed by atoms with E-state index in [1.165, 1.54) is 0 Å². The number of fused-ring (bicyclic) bond motifs is 1. The third kappa shape index (κ3) is 1.35. The smallest absolute Gasteiger partial charge is 0.205 e. The van der Waals surface area contributed by atoms with Gasteiger partial charge in [-0.05, 0) is 12.5 Å². The highest BCUT2D eigenvalue weighted by Crippen LogP contribution is 2.49. The van der Waals surface area contributed by atoms with E-state index in [4.69, 9.17) is 0 Å². The molecule has 0 saturated heterocycles. The summed E-state index contributed by atoms with van der Waals surface area (Å²) in [6.07, 6.45) is 1.31. The molecule has 0 fully saturated rings. The quantitative estimate of drug-likeness (QED) is 0.440. The zero-order valence-corrected chi connectivity index (χ0v) is 9.39. The molecule has 0 radical (unpaired) electrons. The number of carbonyl (C=O) groups is 2. The van der Waals surface area contributed by atoms with E-state index in [1.54, 1.807) is 6.92 Å². The molecular weight excluding hydrogens is 240 g/mol. The first-order valence-electron chi connectivity index (χ1n) is 5.19. The zero-order valence-electron chi connectivity index (χ0n) is 9.39. The maximum Gasteiger partial charge on any atom is 0.205 e. The van der Waals surface area contributed by atoms with Crippen LogP contribution in [0.5, 0.6) is 23.0 Å². The highest BCUT2D eigenvalue weighted by Gasteiger charge is 2.34. The van der Waals surface area contributed by atoms with Crippen LogP contribution < -0.4 is 0 Å². The van der Waals surface area contributed by atoms with Gasteiger partial charge in [-0.2, -0.15) is 0 Å². The molecule has 0 saturated carbocycles. The topological polar surface area (TPSA) is 115 Å². The Hall–Kier alpha value is -2.50. The average Bonchev–Trinajstić information content (AvgIpc) is 2.35. The Kier molecular flexibility index (Phi) is 2.50. The number of carbonyl (C=O) groups excluding carboxylic acids is 2. The lowest BCUT2D eigenvalue weighted by atomic mass is 9.86. The third-order valence-electron chi connectivity index (χ3n) is 2.85. The molecule has 6 nitrogen and oxygen atoms in total. The predicted octanol–water partition coefficient (Wildman–Crippen LogP) is 1.22. The molecular formula is C12H10O6. The van der Waals surface area contributed by atoms with Gasteiger partial charge in [0.15, 0.2) is 23.1 Å². The number of aromatic hydroxyl groups is 4. The van der Waals surface area contributed by atoms with Crippen LogP contribution in [-0.2, 0) is 0 Å². The average molecular weight is 250 g/mol. The molecule has 1 aliphatic carbocycles. The first kappa shape index (κ1) is 12.0. The minimum Gasteiger partial charge on any atom is -0.504 e. The summed E-state index contributed by atoms with van der Waals surface area (Å²) in [5, 5.41) is 37.9. The number of Topliss-reactive ketones (excluding diaryl/α,β-unsaturated/α-hetero) is 1. The molecule has 0 aliphatic heterocycles. The Bertz CT molecular complexity index is 612. The molecule has 1 aromatic rings. The lowest BCUT2D eigenvalue weighted by Gasteiger charge is -2.18. The number of benzene rings is 1. The Morgan fingerprint density at radius 2 is 1.39 bits per heavy atom. The number of phenolic OH excluding ortho intramolecular Hbond substituents is 4. The normalized spacial score (nSPS) is 14.4. The summed E-state index contributed by atoms with van der Waals surface area (Å²) >= 11 is 0. The van der Waals surface area contributed by atoms with Crippen LogP contribution in [0.15, 0.2) is 11.6 Å². The van der Waals surface area contributed by atoms with Crippen molar-refractivity contribution in [3.63, 3.8) is 0 Å². The molecule has 0 atom stereocenters. The van der Waals surface area contributed by atoms with E-state index >= 15 is 0 Å². The fourth-order valence-electron chi connectivity index (χ4n) is 1.88. The minimum absolute atomic E-state index is 0.160. The first-order valence-corrected chi connectivity index (χ1v) is 5.19. The van der Waals surface area contributed by atoms with Crippen molar-refractivity contribution in [2.24, 2.45) is 0 Å². The van der Waals surface area contributed by atoms with Crippen molar-refractivity contribution in [3.05, 3.63) is 22.8 Å². The van der Waals surface area contributed by atoms with Gasteiger partial charge in [0.25, 0.3) is 0 Å². The highest BCUT2D eigenvalue weighted by molar-refractivity contribution is 6.27. The first-order chi connectivity index (χ1) is 8.40. The van der Waals surface area contributed by atoms with Crippen LogP contribution in [0, 0.1) is 0 Å². The van der Waals surface area contributed by atoms with E-state index < -0.39 is 45.7 Å². The summed E-state index contributed by atoms with van der Waals surface area (Å²) in [6.45, 7) is 1.65. The summed E-state index contributed by atoms with van der Waals surface area (Å²) in [6, 6.07) is 0. The Labute approximate surface area is 101 Å². The number of ketones is 2. The van der Waals surface area contributed by atoms with Gasteiger partial charge < -0.3 is 20.4 Å². The van der Waals surface area contributed by atoms with Crippen molar-refractivity contribution in [2.45, 2.75) is 13.3 Å². The van der Waals surface area contributed by atoms with Crippen LogP contribution in [0.3, 0.4) is 0 Å². The molecule has 4 N–H and O–H groups in total. The largest absolute Gasteiger partial charge is 0.504 e. The van der Waals surface area contributed by atoms with Gasteiger partial charge >= 0.3 is 0 Å². The van der Waals surface area contributed by atoms with E-state index in [0.717, 1.165) is 6.08 Å². The summed E-state index contributed by atoms with van der Waals surface area (Å²) < 4.78 is 0. The Morgan fingerprint density at radius 3 is 1.89 bits per heavy atom. The fourth-order valence-corrected chi connectivity index (χ4v) is 1.88. The summed E-state index contributed by atoms with van der Waals surface area (Å²) in [5.41, 5.74) is -0.815. The van der Waals surface area contributed by atoms with Gasteiger partial charge in [0, 0.05) is 5.57 Å². The van der Waals surface area contributed by atoms with Crippen molar-refractivity contribution < 1.29 is 30.0 Å². The third-order valence-corrected chi connectivity index (χ3v) is 2.85. The molecule has 0 spiro atoms. The molecule has 0 aromatic heterocycles. The molecule has 1 aromatic carbocycles. The van der Waals surface area contributed by atoms with Crippen LogP contribution in [0.4, 0.5) is 0 Å².